The summed E-state index contributed by atoms with van der Waals surface area (Å²) in [6.07, 6.45) is 0.842. The van der Waals surface area contributed by atoms with Gasteiger partial charge >= 0.3 is 0 Å². The molecular formula is C27H27NO4. The predicted molar refractivity (Wildman–Crippen MR) is 126 cm³/mol. The first-order valence-corrected chi connectivity index (χ1v) is 10.6. The first kappa shape index (κ1) is 21.8. The van der Waals surface area contributed by atoms with Gasteiger partial charge in [-0.15, -0.1) is 0 Å². The molecule has 0 aliphatic heterocycles. The van der Waals surface area contributed by atoms with Crippen molar-refractivity contribution in [3.63, 3.8) is 0 Å². The van der Waals surface area contributed by atoms with Crippen LogP contribution in [0, 0.1) is 0 Å². The van der Waals surface area contributed by atoms with Crippen LogP contribution in [0.2, 0.25) is 0 Å². The normalized spacial score (nSPS) is 11.5. The van der Waals surface area contributed by atoms with Gasteiger partial charge in [-0.2, -0.15) is 0 Å². The van der Waals surface area contributed by atoms with Crippen LogP contribution < -0.4 is 15.2 Å². The molecule has 4 aromatic carbocycles. The van der Waals surface area contributed by atoms with Crippen molar-refractivity contribution in [1.29, 1.82) is 0 Å². The van der Waals surface area contributed by atoms with E-state index in [9.17, 15) is 10.2 Å². The van der Waals surface area contributed by atoms with Crippen molar-refractivity contribution in [2.24, 2.45) is 5.73 Å². The lowest BCUT2D eigenvalue weighted by atomic mass is 9.91. The van der Waals surface area contributed by atoms with Gasteiger partial charge in [0.1, 0.15) is 17.2 Å². The molecule has 0 aliphatic carbocycles. The van der Waals surface area contributed by atoms with Crippen molar-refractivity contribution in [3.8, 4) is 17.2 Å². The standard InChI is InChI=1S/C27H27NO4/c28-27(18-29,19-30)23-11-9-22-16-26(12-10-21(22)15-23)32-25-8-4-7-24(17-25)31-14-13-20-5-2-1-3-6-20/h1-12,15-17,29-30H,13-14,18-19,28H2. The second kappa shape index (κ2) is 9.83. The summed E-state index contributed by atoms with van der Waals surface area (Å²) in [5, 5.41) is 21.0. The van der Waals surface area contributed by atoms with E-state index in [2.05, 4.69) is 12.1 Å². The number of hydrogen-bond donors (Lipinski definition) is 3. The van der Waals surface area contributed by atoms with E-state index in [1.807, 2.05) is 78.9 Å². The zero-order chi connectivity index (χ0) is 22.4. The van der Waals surface area contributed by atoms with Gasteiger partial charge in [0.25, 0.3) is 0 Å². The van der Waals surface area contributed by atoms with E-state index in [-0.39, 0.29) is 13.2 Å². The molecule has 0 saturated heterocycles. The zero-order valence-electron chi connectivity index (χ0n) is 17.8. The Balaban J connectivity index is 1.44. The highest BCUT2D eigenvalue weighted by atomic mass is 16.5. The van der Waals surface area contributed by atoms with E-state index in [0.717, 1.165) is 22.9 Å². The lowest BCUT2D eigenvalue weighted by Crippen LogP contribution is -2.44. The van der Waals surface area contributed by atoms with E-state index in [4.69, 9.17) is 15.2 Å². The Hall–Kier alpha value is -3.38. The summed E-state index contributed by atoms with van der Waals surface area (Å²) in [6.45, 7) is -0.0734. The fourth-order valence-electron chi connectivity index (χ4n) is 3.52. The third-order valence-corrected chi connectivity index (χ3v) is 5.49. The van der Waals surface area contributed by atoms with Gasteiger partial charge in [-0.1, -0.05) is 54.6 Å². The number of nitrogens with two attached hydrogens (primary N) is 1. The lowest BCUT2D eigenvalue weighted by Gasteiger charge is -2.25. The lowest BCUT2D eigenvalue weighted by molar-refractivity contribution is 0.121. The van der Waals surface area contributed by atoms with Crippen molar-refractivity contribution in [2.45, 2.75) is 12.0 Å². The van der Waals surface area contributed by atoms with Crippen LogP contribution in [-0.2, 0) is 12.0 Å². The summed E-state index contributed by atoms with van der Waals surface area (Å²) in [5.41, 5.74) is 6.85. The van der Waals surface area contributed by atoms with E-state index >= 15 is 0 Å². The molecule has 4 N–H and O–H groups in total. The molecular weight excluding hydrogens is 402 g/mol. The third kappa shape index (κ3) is 5.08. The number of fused-ring (bicyclic) bond motifs is 1. The molecule has 0 unspecified atom stereocenters. The number of benzene rings is 4. The maximum absolute atomic E-state index is 9.54. The molecule has 0 radical (unpaired) electrons. The summed E-state index contributed by atoms with van der Waals surface area (Å²) in [5.74, 6) is 2.16. The van der Waals surface area contributed by atoms with Gasteiger partial charge in [-0.3, -0.25) is 0 Å². The van der Waals surface area contributed by atoms with Crippen LogP contribution in [0.3, 0.4) is 0 Å². The SMILES string of the molecule is NC(CO)(CO)c1ccc2cc(Oc3cccc(OCCc4ccccc4)c3)ccc2c1. The van der Waals surface area contributed by atoms with Crippen molar-refractivity contribution in [2.75, 3.05) is 19.8 Å². The van der Waals surface area contributed by atoms with Gasteiger partial charge < -0.3 is 25.4 Å². The Kier molecular flexibility index (Phi) is 6.71. The summed E-state index contributed by atoms with van der Waals surface area (Å²) >= 11 is 0. The van der Waals surface area contributed by atoms with Crippen LogP contribution in [0.5, 0.6) is 17.2 Å². The van der Waals surface area contributed by atoms with E-state index < -0.39 is 5.54 Å². The van der Waals surface area contributed by atoms with Gasteiger partial charge in [-0.05, 0) is 52.2 Å². The molecule has 0 heterocycles. The number of ether oxygens (including phenoxy) is 2. The van der Waals surface area contributed by atoms with Crippen molar-refractivity contribution >= 4 is 10.8 Å². The highest BCUT2D eigenvalue weighted by Crippen LogP contribution is 2.30. The second-order valence-corrected chi connectivity index (χ2v) is 7.86. The largest absolute Gasteiger partial charge is 0.493 e. The van der Waals surface area contributed by atoms with Gasteiger partial charge in [-0.25, -0.2) is 0 Å². The van der Waals surface area contributed by atoms with Gasteiger partial charge in [0.05, 0.1) is 25.4 Å². The molecule has 0 aliphatic rings. The molecule has 5 nitrogen and oxygen atoms in total. The fourth-order valence-corrected chi connectivity index (χ4v) is 3.52. The average Bonchev–Trinajstić information content (AvgIpc) is 2.84. The Morgan fingerprint density at radius 3 is 2.16 bits per heavy atom. The molecule has 0 bridgehead atoms. The smallest absolute Gasteiger partial charge is 0.131 e. The molecule has 0 amide bonds. The molecule has 0 aromatic heterocycles. The number of rotatable bonds is 9. The van der Waals surface area contributed by atoms with Crippen LogP contribution in [0.1, 0.15) is 11.1 Å². The molecule has 0 saturated carbocycles. The second-order valence-electron chi connectivity index (χ2n) is 7.86. The third-order valence-electron chi connectivity index (χ3n) is 5.49. The molecule has 4 rings (SSSR count). The molecule has 32 heavy (non-hydrogen) atoms. The predicted octanol–water partition coefficient (Wildman–Crippen LogP) is 4.39. The van der Waals surface area contributed by atoms with Crippen LogP contribution in [0.15, 0.2) is 91.0 Å². The van der Waals surface area contributed by atoms with Crippen LogP contribution in [0.4, 0.5) is 0 Å². The first-order valence-electron chi connectivity index (χ1n) is 10.6. The molecule has 0 spiro atoms. The minimum absolute atomic E-state index is 0.333. The van der Waals surface area contributed by atoms with Crippen LogP contribution in [0.25, 0.3) is 10.8 Å². The van der Waals surface area contributed by atoms with Crippen molar-refractivity contribution in [3.05, 3.63) is 102 Å². The average molecular weight is 430 g/mol. The van der Waals surface area contributed by atoms with Crippen LogP contribution >= 0.6 is 0 Å². The number of aliphatic hydroxyl groups is 2. The van der Waals surface area contributed by atoms with E-state index in [1.54, 1.807) is 0 Å². The Morgan fingerprint density at radius 1 is 0.688 bits per heavy atom. The highest BCUT2D eigenvalue weighted by molar-refractivity contribution is 5.84. The molecule has 164 valence electrons. The maximum Gasteiger partial charge on any atom is 0.131 e. The van der Waals surface area contributed by atoms with E-state index in [1.165, 1.54) is 5.56 Å². The van der Waals surface area contributed by atoms with Gasteiger partial charge in [0.2, 0.25) is 0 Å². The Morgan fingerprint density at radius 2 is 1.38 bits per heavy atom. The van der Waals surface area contributed by atoms with Crippen molar-refractivity contribution < 1.29 is 19.7 Å². The minimum atomic E-state index is -1.16. The van der Waals surface area contributed by atoms with Crippen LogP contribution in [-0.4, -0.2) is 30.0 Å². The molecule has 0 fully saturated rings. The Bertz CT molecular complexity index is 1170. The molecule has 0 atom stereocenters. The van der Waals surface area contributed by atoms with Crippen molar-refractivity contribution in [1.82, 2.24) is 0 Å². The summed E-state index contributed by atoms with van der Waals surface area (Å²) in [6, 6.07) is 29.2. The maximum atomic E-state index is 9.54. The first-order chi connectivity index (χ1) is 15.6. The van der Waals surface area contributed by atoms with E-state index in [0.29, 0.717) is 23.7 Å². The number of hydrogen-bond acceptors (Lipinski definition) is 5. The Labute approximate surface area is 187 Å². The summed E-state index contributed by atoms with van der Waals surface area (Å²) in [4.78, 5) is 0. The summed E-state index contributed by atoms with van der Waals surface area (Å²) in [7, 11) is 0. The summed E-state index contributed by atoms with van der Waals surface area (Å²) < 4.78 is 11.9. The molecule has 4 aromatic rings. The van der Waals surface area contributed by atoms with Gasteiger partial charge in [0.15, 0.2) is 0 Å². The zero-order valence-corrected chi connectivity index (χ0v) is 17.8. The number of aliphatic hydroxyl groups excluding tert-OH is 2. The monoisotopic (exact) mass is 429 g/mol. The minimum Gasteiger partial charge on any atom is -0.493 e. The quantitative estimate of drug-likeness (QED) is 0.367. The molecule has 5 heteroatoms. The fraction of sp³-hybridized carbons (Fsp3) is 0.185. The highest BCUT2D eigenvalue weighted by Gasteiger charge is 2.25. The topological polar surface area (TPSA) is 84.9 Å². The van der Waals surface area contributed by atoms with Gasteiger partial charge in [0, 0.05) is 12.5 Å².